The highest BCUT2D eigenvalue weighted by Gasteiger charge is 2.07. The van der Waals surface area contributed by atoms with Gasteiger partial charge in [-0.1, -0.05) is 0 Å². The lowest BCUT2D eigenvalue weighted by molar-refractivity contribution is 0.0696. The van der Waals surface area contributed by atoms with Crippen molar-refractivity contribution in [2.75, 3.05) is 0 Å². The molecule has 2 aromatic carbocycles. The predicted molar refractivity (Wildman–Crippen MR) is 69.3 cm³/mol. The fourth-order valence-corrected chi connectivity index (χ4v) is 2.38. The second-order valence-electron chi connectivity index (χ2n) is 3.90. The molecule has 98 valence electrons. The van der Waals surface area contributed by atoms with Crippen molar-refractivity contribution < 1.29 is 18.7 Å². The van der Waals surface area contributed by atoms with Gasteiger partial charge in [0.2, 0.25) is 0 Å². The number of hydrogen-bond acceptors (Lipinski definition) is 2. The molecular weight excluding hydrogens is 270 g/mol. The number of hydrogen-bond donors (Lipinski definition) is 1. The number of carboxylic acids is 1. The molecule has 0 fully saturated rings. The largest absolute Gasteiger partial charge is 0.478 e. The lowest BCUT2D eigenvalue weighted by Gasteiger charge is -2.04. The number of carbonyl (C=O) groups is 1. The first-order chi connectivity index (χ1) is 9.04. The van der Waals surface area contributed by atoms with Crippen LogP contribution in [0.1, 0.15) is 15.9 Å². The molecule has 0 heterocycles. The topological polar surface area (TPSA) is 37.3 Å². The lowest BCUT2D eigenvalue weighted by Crippen LogP contribution is -1.98. The number of benzene rings is 2. The van der Waals surface area contributed by atoms with Gasteiger partial charge in [-0.05, 0) is 48.0 Å². The molecule has 0 unspecified atom stereocenters. The Morgan fingerprint density at radius 2 is 1.74 bits per heavy atom. The van der Waals surface area contributed by atoms with Crippen LogP contribution in [0.3, 0.4) is 0 Å². The standard InChI is InChI=1S/C14H10F2O2S/c15-11-1-3-13(4-2-11)19-8-9-5-10(14(17)18)7-12(16)6-9/h1-7H,8H2,(H,17,18). The van der Waals surface area contributed by atoms with Crippen molar-refractivity contribution in [2.24, 2.45) is 0 Å². The van der Waals surface area contributed by atoms with Crippen LogP contribution in [0.4, 0.5) is 8.78 Å². The molecule has 0 spiro atoms. The van der Waals surface area contributed by atoms with Crippen molar-refractivity contribution in [3.63, 3.8) is 0 Å². The van der Waals surface area contributed by atoms with Crippen LogP contribution >= 0.6 is 11.8 Å². The Bertz CT molecular complexity index is 597. The van der Waals surface area contributed by atoms with E-state index < -0.39 is 11.8 Å². The highest BCUT2D eigenvalue weighted by atomic mass is 32.2. The summed E-state index contributed by atoms with van der Waals surface area (Å²) in [6.07, 6.45) is 0. The van der Waals surface area contributed by atoms with Gasteiger partial charge in [-0.3, -0.25) is 0 Å². The number of halogens is 2. The molecule has 0 saturated carbocycles. The molecule has 0 saturated heterocycles. The van der Waals surface area contributed by atoms with Gasteiger partial charge in [0.25, 0.3) is 0 Å². The number of thioether (sulfide) groups is 1. The second-order valence-corrected chi connectivity index (χ2v) is 4.94. The molecule has 1 N–H and O–H groups in total. The third kappa shape index (κ3) is 3.79. The van der Waals surface area contributed by atoms with Gasteiger partial charge in [-0.15, -0.1) is 11.8 Å². The molecule has 19 heavy (non-hydrogen) atoms. The Morgan fingerprint density at radius 1 is 1.05 bits per heavy atom. The first-order valence-corrected chi connectivity index (χ1v) is 6.44. The first-order valence-electron chi connectivity index (χ1n) is 5.46. The SMILES string of the molecule is O=C(O)c1cc(F)cc(CSc2ccc(F)cc2)c1. The van der Waals surface area contributed by atoms with E-state index in [0.717, 1.165) is 11.0 Å². The molecule has 0 amide bonds. The highest BCUT2D eigenvalue weighted by molar-refractivity contribution is 7.98. The second kappa shape index (κ2) is 5.84. The van der Waals surface area contributed by atoms with Crippen LogP contribution in [0.15, 0.2) is 47.4 Å². The third-order valence-corrected chi connectivity index (χ3v) is 3.51. The summed E-state index contributed by atoms with van der Waals surface area (Å²) < 4.78 is 26.0. The molecular formula is C14H10F2O2S. The zero-order valence-corrected chi connectivity index (χ0v) is 10.6. The first kappa shape index (κ1) is 13.5. The smallest absolute Gasteiger partial charge is 0.335 e. The fraction of sp³-hybridized carbons (Fsp3) is 0.0714. The van der Waals surface area contributed by atoms with Crippen molar-refractivity contribution in [2.45, 2.75) is 10.6 Å². The summed E-state index contributed by atoms with van der Waals surface area (Å²) >= 11 is 1.39. The van der Waals surface area contributed by atoms with Crippen LogP contribution in [-0.4, -0.2) is 11.1 Å². The zero-order valence-electron chi connectivity index (χ0n) is 9.77. The van der Waals surface area contributed by atoms with E-state index in [-0.39, 0.29) is 11.4 Å². The Labute approximate surface area is 113 Å². The van der Waals surface area contributed by atoms with E-state index in [1.54, 1.807) is 12.1 Å². The maximum atomic E-state index is 13.2. The van der Waals surface area contributed by atoms with E-state index in [1.807, 2.05) is 0 Å². The average Bonchev–Trinajstić information content (AvgIpc) is 2.37. The minimum absolute atomic E-state index is 0.0743. The van der Waals surface area contributed by atoms with E-state index in [9.17, 15) is 13.6 Å². The number of aromatic carboxylic acids is 1. The minimum atomic E-state index is -1.16. The summed E-state index contributed by atoms with van der Waals surface area (Å²) in [5.41, 5.74) is 0.501. The van der Waals surface area contributed by atoms with E-state index in [1.165, 1.54) is 36.0 Å². The average molecular weight is 280 g/mol. The van der Waals surface area contributed by atoms with Gasteiger partial charge in [-0.2, -0.15) is 0 Å². The third-order valence-electron chi connectivity index (χ3n) is 2.42. The summed E-state index contributed by atoms with van der Waals surface area (Å²) in [4.78, 5) is 11.6. The van der Waals surface area contributed by atoms with Gasteiger partial charge in [-0.25, -0.2) is 13.6 Å². The molecule has 2 aromatic rings. The molecule has 0 aliphatic heterocycles. The summed E-state index contributed by atoms with van der Waals surface area (Å²) in [5.74, 6) is -1.63. The lowest BCUT2D eigenvalue weighted by atomic mass is 10.1. The Balaban J connectivity index is 2.11. The van der Waals surface area contributed by atoms with Crippen molar-refractivity contribution in [3.05, 3.63) is 65.2 Å². The molecule has 0 aromatic heterocycles. The van der Waals surface area contributed by atoms with Crippen molar-refractivity contribution in [1.82, 2.24) is 0 Å². The van der Waals surface area contributed by atoms with Crippen molar-refractivity contribution in [1.29, 1.82) is 0 Å². The van der Waals surface area contributed by atoms with Crippen LogP contribution in [-0.2, 0) is 5.75 Å². The zero-order chi connectivity index (χ0) is 13.8. The molecule has 0 aliphatic rings. The van der Waals surface area contributed by atoms with E-state index in [2.05, 4.69) is 0 Å². The van der Waals surface area contributed by atoms with Crippen molar-refractivity contribution >= 4 is 17.7 Å². The van der Waals surface area contributed by atoms with E-state index >= 15 is 0 Å². The van der Waals surface area contributed by atoms with Crippen LogP contribution in [0.25, 0.3) is 0 Å². The molecule has 2 nitrogen and oxygen atoms in total. The van der Waals surface area contributed by atoms with E-state index in [0.29, 0.717) is 11.3 Å². The fourth-order valence-electron chi connectivity index (χ4n) is 1.55. The maximum absolute atomic E-state index is 13.2. The van der Waals surface area contributed by atoms with Crippen LogP contribution in [0.5, 0.6) is 0 Å². The number of carboxylic acid groups (broad SMARTS) is 1. The molecule has 0 radical (unpaired) electrons. The van der Waals surface area contributed by atoms with Gasteiger partial charge in [0.1, 0.15) is 11.6 Å². The number of rotatable bonds is 4. The maximum Gasteiger partial charge on any atom is 0.335 e. The van der Waals surface area contributed by atoms with Crippen LogP contribution < -0.4 is 0 Å². The molecule has 0 aliphatic carbocycles. The highest BCUT2D eigenvalue weighted by Crippen LogP contribution is 2.24. The summed E-state index contributed by atoms with van der Waals surface area (Å²) in [6, 6.07) is 9.64. The van der Waals surface area contributed by atoms with Crippen molar-refractivity contribution in [3.8, 4) is 0 Å². The monoisotopic (exact) mass is 280 g/mol. The van der Waals surface area contributed by atoms with E-state index in [4.69, 9.17) is 5.11 Å². The predicted octanol–water partition coefficient (Wildman–Crippen LogP) is 3.96. The minimum Gasteiger partial charge on any atom is -0.478 e. The quantitative estimate of drug-likeness (QED) is 0.861. The van der Waals surface area contributed by atoms with Gasteiger partial charge in [0, 0.05) is 10.6 Å². The van der Waals surface area contributed by atoms with Gasteiger partial charge < -0.3 is 5.11 Å². The Hall–Kier alpha value is -1.88. The van der Waals surface area contributed by atoms with Crippen LogP contribution in [0, 0.1) is 11.6 Å². The molecule has 0 bridgehead atoms. The van der Waals surface area contributed by atoms with Crippen LogP contribution in [0.2, 0.25) is 0 Å². The molecule has 5 heteroatoms. The normalized spacial score (nSPS) is 10.4. The Kier molecular flexibility index (Phi) is 4.16. The van der Waals surface area contributed by atoms with Gasteiger partial charge in [0.05, 0.1) is 5.56 Å². The summed E-state index contributed by atoms with van der Waals surface area (Å²) in [5, 5.41) is 8.83. The van der Waals surface area contributed by atoms with Gasteiger partial charge in [0.15, 0.2) is 0 Å². The Morgan fingerprint density at radius 3 is 2.37 bits per heavy atom. The molecule has 2 rings (SSSR count). The van der Waals surface area contributed by atoms with Gasteiger partial charge >= 0.3 is 5.97 Å². The summed E-state index contributed by atoms with van der Waals surface area (Å²) in [7, 11) is 0. The summed E-state index contributed by atoms with van der Waals surface area (Å²) in [6.45, 7) is 0. The molecule has 0 atom stereocenters.